The lowest BCUT2D eigenvalue weighted by Gasteiger charge is -2.06. The van der Waals surface area contributed by atoms with E-state index in [-0.39, 0.29) is 18.0 Å². The summed E-state index contributed by atoms with van der Waals surface area (Å²) in [6, 6.07) is 9.65. The molecule has 2 aromatic rings. The van der Waals surface area contributed by atoms with E-state index < -0.39 is 0 Å². The van der Waals surface area contributed by atoms with Crippen LogP contribution in [0.4, 0.5) is 0 Å². The van der Waals surface area contributed by atoms with Gasteiger partial charge in [-0.1, -0.05) is 18.2 Å². The number of para-hydroxylation sites is 1. The van der Waals surface area contributed by atoms with Gasteiger partial charge in [-0.15, -0.1) is 0 Å². The lowest BCUT2D eigenvalue weighted by molar-refractivity contribution is 0.0952. The highest BCUT2D eigenvalue weighted by molar-refractivity contribution is 6.05. The van der Waals surface area contributed by atoms with Gasteiger partial charge in [0.1, 0.15) is 0 Å². The van der Waals surface area contributed by atoms with E-state index in [0.29, 0.717) is 5.56 Å². The van der Waals surface area contributed by atoms with Crippen molar-refractivity contribution in [2.75, 3.05) is 0 Å². The Hall–Kier alpha value is -1.94. The molecule has 0 spiro atoms. The van der Waals surface area contributed by atoms with Gasteiger partial charge in [0.2, 0.25) is 0 Å². The number of nitrogens with one attached hydrogen (secondary N) is 1. The Labute approximate surface area is 98.8 Å². The second-order valence-electron chi connectivity index (χ2n) is 4.36. The van der Waals surface area contributed by atoms with Crippen LogP contribution in [0.2, 0.25) is 0 Å². The molecule has 1 saturated carbocycles. The van der Waals surface area contributed by atoms with E-state index in [2.05, 4.69) is 10.3 Å². The number of carbonyl (C=O) groups is 1. The van der Waals surface area contributed by atoms with Crippen molar-refractivity contribution in [1.82, 2.24) is 10.3 Å². The first-order valence-electron chi connectivity index (χ1n) is 5.66. The molecule has 1 aromatic heterocycles. The van der Waals surface area contributed by atoms with Crippen molar-refractivity contribution in [2.24, 2.45) is 5.73 Å². The minimum absolute atomic E-state index is 0.0905. The highest BCUT2D eigenvalue weighted by Crippen LogP contribution is 2.20. The Morgan fingerprint density at radius 2 is 2.12 bits per heavy atom. The van der Waals surface area contributed by atoms with Gasteiger partial charge in [0.15, 0.2) is 0 Å². The SMILES string of the molecule is NC1CC1NC(=O)c1cccc2cccnc12. The largest absolute Gasteiger partial charge is 0.348 e. The quantitative estimate of drug-likeness (QED) is 0.806. The highest BCUT2D eigenvalue weighted by Gasteiger charge is 2.35. The lowest BCUT2D eigenvalue weighted by atomic mass is 10.1. The summed E-state index contributed by atoms with van der Waals surface area (Å²) in [5.41, 5.74) is 7.03. The molecule has 2 atom stereocenters. The van der Waals surface area contributed by atoms with Gasteiger partial charge in [-0.2, -0.15) is 0 Å². The molecule has 1 aliphatic rings. The van der Waals surface area contributed by atoms with Crippen molar-refractivity contribution in [1.29, 1.82) is 0 Å². The molecule has 1 heterocycles. The number of pyridine rings is 1. The molecule has 1 aromatic carbocycles. The molecule has 1 aliphatic carbocycles. The third-order valence-electron chi connectivity index (χ3n) is 3.03. The lowest BCUT2D eigenvalue weighted by Crippen LogP contribution is -2.29. The maximum Gasteiger partial charge on any atom is 0.253 e. The summed E-state index contributed by atoms with van der Waals surface area (Å²) in [6.07, 6.45) is 2.56. The molecule has 4 nitrogen and oxygen atoms in total. The number of amides is 1. The first kappa shape index (κ1) is 10.2. The molecule has 0 saturated heterocycles. The molecular weight excluding hydrogens is 214 g/mol. The number of carbonyl (C=O) groups excluding carboxylic acids is 1. The molecule has 0 aliphatic heterocycles. The van der Waals surface area contributed by atoms with Crippen molar-refractivity contribution < 1.29 is 4.79 Å². The monoisotopic (exact) mass is 227 g/mol. The zero-order valence-electron chi connectivity index (χ0n) is 9.26. The summed E-state index contributed by atoms with van der Waals surface area (Å²) >= 11 is 0. The smallest absolute Gasteiger partial charge is 0.253 e. The van der Waals surface area contributed by atoms with E-state index in [1.807, 2.05) is 24.3 Å². The average Bonchev–Trinajstić information content (AvgIpc) is 3.04. The van der Waals surface area contributed by atoms with Crippen molar-refractivity contribution >= 4 is 16.8 Å². The fourth-order valence-electron chi connectivity index (χ4n) is 1.91. The summed E-state index contributed by atoms with van der Waals surface area (Å²) in [7, 11) is 0. The number of fused-ring (bicyclic) bond motifs is 1. The minimum Gasteiger partial charge on any atom is -0.348 e. The molecule has 1 fully saturated rings. The molecular formula is C13H13N3O. The van der Waals surface area contributed by atoms with Crippen LogP contribution < -0.4 is 11.1 Å². The van der Waals surface area contributed by atoms with Crippen LogP contribution in [-0.2, 0) is 0 Å². The predicted octanol–water partition coefficient (Wildman–Crippen LogP) is 1.06. The topological polar surface area (TPSA) is 68.0 Å². The summed E-state index contributed by atoms with van der Waals surface area (Å²) in [4.78, 5) is 16.3. The van der Waals surface area contributed by atoms with Gasteiger partial charge in [-0.25, -0.2) is 0 Å². The Bertz CT molecular complexity index is 576. The Morgan fingerprint density at radius 1 is 1.35 bits per heavy atom. The Kier molecular flexibility index (Phi) is 2.30. The van der Waals surface area contributed by atoms with E-state index in [4.69, 9.17) is 5.73 Å². The Morgan fingerprint density at radius 3 is 2.88 bits per heavy atom. The molecule has 0 radical (unpaired) electrons. The number of aromatic nitrogens is 1. The molecule has 3 N–H and O–H groups in total. The van der Waals surface area contributed by atoms with Crippen LogP contribution in [0, 0.1) is 0 Å². The van der Waals surface area contributed by atoms with E-state index >= 15 is 0 Å². The first-order valence-corrected chi connectivity index (χ1v) is 5.66. The average molecular weight is 227 g/mol. The van der Waals surface area contributed by atoms with Gasteiger partial charge < -0.3 is 11.1 Å². The second-order valence-corrected chi connectivity index (χ2v) is 4.36. The number of benzene rings is 1. The molecule has 1 amide bonds. The second kappa shape index (κ2) is 3.82. The molecule has 17 heavy (non-hydrogen) atoms. The van der Waals surface area contributed by atoms with Gasteiger partial charge in [0.05, 0.1) is 11.1 Å². The Balaban J connectivity index is 1.96. The number of hydrogen-bond acceptors (Lipinski definition) is 3. The van der Waals surface area contributed by atoms with Crippen LogP contribution in [0.25, 0.3) is 10.9 Å². The standard InChI is InChI=1S/C13H13N3O/c14-10-7-11(10)16-13(17)9-5-1-3-8-4-2-6-15-12(8)9/h1-6,10-11H,7,14H2,(H,16,17). The van der Waals surface area contributed by atoms with E-state index in [1.165, 1.54) is 0 Å². The van der Waals surface area contributed by atoms with E-state index in [0.717, 1.165) is 17.3 Å². The third-order valence-corrected chi connectivity index (χ3v) is 3.03. The normalized spacial score (nSPS) is 22.4. The van der Waals surface area contributed by atoms with Crippen molar-refractivity contribution in [3.8, 4) is 0 Å². The number of nitrogens with two attached hydrogens (primary N) is 1. The van der Waals surface area contributed by atoms with Crippen LogP contribution in [0.5, 0.6) is 0 Å². The fourth-order valence-corrected chi connectivity index (χ4v) is 1.91. The van der Waals surface area contributed by atoms with Gasteiger partial charge in [-0.3, -0.25) is 9.78 Å². The van der Waals surface area contributed by atoms with Crippen LogP contribution >= 0.6 is 0 Å². The molecule has 4 heteroatoms. The van der Waals surface area contributed by atoms with Gasteiger partial charge in [0.25, 0.3) is 5.91 Å². The predicted molar refractivity (Wildman–Crippen MR) is 65.6 cm³/mol. The summed E-state index contributed by atoms with van der Waals surface area (Å²) < 4.78 is 0. The van der Waals surface area contributed by atoms with Crippen LogP contribution in [0.1, 0.15) is 16.8 Å². The van der Waals surface area contributed by atoms with Crippen LogP contribution in [0.15, 0.2) is 36.5 Å². The number of nitrogens with zero attached hydrogens (tertiary/aromatic N) is 1. The molecule has 86 valence electrons. The van der Waals surface area contributed by atoms with Crippen LogP contribution in [-0.4, -0.2) is 23.0 Å². The first-order chi connectivity index (χ1) is 8.25. The van der Waals surface area contributed by atoms with Crippen molar-refractivity contribution in [3.63, 3.8) is 0 Å². The van der Waals surface area contributed by atoms with Gasteiger partial charge in [-0.05, 0) is 18.6 Å². The van der Waals surface area contributed by atoms with Crippen molar-refractivity contribution in [2.45, 2.75) is 18.5 Å². The number of hydrogen-bond donors (Lipinski definition) is 2. The van der Waals surface area contributed by atoms with E-state index in [1.54, 1.807) is 12.3 Å². The van der Waals surface area contributed by atoms with Gasteiger partial charge >= 0.3 is 0 Å². The number of rotatable bonds is 2. The zero-order valence-corrected chi connectivity index (χ0v) is 9.26. The molecule has 3 rings (SSSR count). The minimum atomic E-state index is -0.0905. The maximum atomic E-state index is 12.0. The van der Waals surface area contributed by atoms with Gasteiger partial charge in [0, 0.05) is 23.7 Å². The highest BCUT2D eigenvalue weighted by atomic mass is 16.1. The summed E-state index contributed by atoms with van der Waals surface area (Å²) in [6.45, 7) is 0. The maximum absolute atomic E-state index is 12.0. The summed E-state index contributed by atoms with van der Waals surface area (Å²) in [5, 5.41) is 3.88. The van der Waals surface area contributed by atoms with Crippen molar-refractivity contribution in [3.05, 3.63) is 42.1 Å². The summed E-state index contributed by atoms with van der Waals surface area (Å²) in [5.74, 6) is -0.0905. The fraction of sp³-hybridized carbons (Fsp3) is 0.231. The third kappa shape index (κ3) is 1.87. The molecule has 0 bridgehead atoms. The van der Waals surface area contributed by atoms with E-state index in [9.17, 15) is 4.79 Å². The molecule has 2 unspecified atom stereocenters. The van der Waals surface area contributed by atoms with Crippen LogP contribution in [0.3, 0.4) is 0 Å². The zero-order chi connectivity index (χ0) is 11.8.